The van der Waals surface area contributed by atoms with Gasteiger partial charge >= 0.3 is 0 Å². The van der Waals surface area contributed by atoms with Gasteiger partial charge in [-0.2, -0.15) is 0 Å². The molecule has 1 aromatic rings. The Morgan fingerprint density at radius 1 is 1.19 bits per heavy atom. The van der Waals surface area contributed by atoms with Crippen LogP contribution in [0.4, 0.5) is 0 Å². The first kappa shape index (κ1) is 13.5. The number of halogens is 1. The number of benzene rings is 1. The van der Waals surface area contributed by atoms with Crippen molar-refractivity contribution in [3.05, 3.63) is 35.9 Å². The average molecular weight is 241 g/mol. The molecular weight excluding hydrogens is 220 g/mol. The van der Waals surface area contributed by atoms with E-state index in [-0.39, 0.29) is 12.4 Å². The lowest BCUT2D eigenvalue weighted by atomic mass is 9.80. The van der Waals surface area contributed by atoms with Gasteiger partial charge in [0.2, 0.25) is 0 Å². The lowest BCUT2D eigenvalue weighted by Crippen LogP contribution is -2.33. The standard InChI is InChI=1S/C13H20N2.ClH/c14-10-13(11-4-2-1-3-5-11)12-6-8-15-9-7-12;/h1-5,12-13,15H,6-10,14H2;1H. The highest BCUT2D eigenvalue weighted by atomic mass is 35.5. The number of rotatable bonds is 3. The molecule has 0 aromatic heterocycles. The molecule has 1 aliphatic heterocycles. The van der Waals surface area contributed by atoms with E-state index < -0.39 is 0 Å². The molecular formula is C13H21ClN2. The van der Waals surface area contributed by atoms with E-state index in [1.807, 2.05) is 0 Å². The van der Waals surface area contributed by atoms with Gasteiger partial charge in [-0.1, -0.05) is 30.3 Å². The van der Waals surface area contributed by atoms with Crippen molar-refractivity contribution in [2.75, 3.05) is 19.6 Å². The van der Waals surface area contributed by atoms with E-state index in [0.29, 0.717) is 5.92 Å². The van der Waals surface area contributed by atoms with E-state index >= 15 is 0 Å². The zero-order valence-electron chi connectivity index (χ0n) is 9.56. The summed E-state index contributed by atoms with van der Waals surface area (Å²) >= 11 is 0. The Labute approximate surface area is 104 Å². The highest BCUT2D eigenvalue weighted by molar-refractivity contribution is 5.85. The number of hydrogen-bond acceptors (Lipinski definition) is 2. The first-order valence-corrected chi connectivity index (χ1v) is 5.87. The van der Waals surface area contributed by atoms with Crippen molar-refractivity contribution in [3.8, 4) is 0 Å². The zero-order valence-corrected chi connectivity index (χ0v) is 10.4. The molecule has 1 heterocycles. The van der Waals surface area contributed by atoms with Crippen molar-refractivity contribution in [2.45, 2.75) is 18.8 Å². The lowest BCUT2D eigenvalue weighted by Gasteiger charge is -2.30. The maximum Gasteiger partial charge on any atom is -0.000555 e. The second-order valence-electron chi connectivity index (χ2n) is 4.34. The van der Waals surface area contributed by atoms with Gasteiger partial charge in [0.05, 0.1) is 0 Å². The van der Waals surface area contributed by atoms with Crippen LogP contribution >= 0.6 is 12.4 Å². The monoisotopic (exact) mass is 240 g/mol. The summed E-state index contributed by atoms with van der Waals surface area (Å²) < 4.78 is 0. The molecule has 1 aliphatic rings. The Balaban J connectivity index is 0.00000128. The third-order valence-corrected chi connectivity index (χ3v) is 3.43. The molecule has 0 bridgehead atoms. The summed E-state index contributed by atoms with van der Waals surface area (Å²) in [5.74, 6) is 1.31. The van der Waals surface area contributed by atoms with Gasteiger partial charge in [0, 0.05) is 0 Å². The second kappa shape index (κ2) is 6.89. The van der Waals surface area contributed by atoms with Gasteiger partial charge in [0.25, 0.3) is 0 Å². The molecule has 0 saturated carbocycles. The largest absolute Gasteiger partial charge is 0.330 e. The van der Waals surface area contributed by atoms with Crippen LogP contribution < -0.4 is 11.1 Å². The average Bonchev–Trinajstić information content (AvgIpc) is 2.33. The van der Waals surface area contributed by atoms with Crippen LogP contribution in [-0.2, 0) is 0 Å². The van der Waals surface area contributed by atoms with Gasteiger partial charge in [-0.25, -0.2) is 0 Å². The first-order valence-electron chi connectivity index (χ1n) is 5.87. The van der Waals surface area contributed by atoms with Gasteiger partial charge in [0.15, 0.2) is 0 Å². The molecule has 90 valence electrons. The van der Waals surface area contributed by atoms with Crippen LogP contribution in [0, 0.1) is 5.92 Å². The van der Waals surface area contributed by atoms with Crippen molar-refractivity contribution < 1.29 is 0 Å². The van der Waals surface area contributed by atoms with Crippen LogP contribution in [0.5, 0.6) is 0 Å². The second-order valence-corrected chi connectivity index (χ2v) is 4.34. The molecule has 0 radical (unpaired) electrons. The van der Waals surface area contributed by atoms with Crippen molar-refractivity contribution in [1.29, 1.82) is 0 Å². The van der Waals surface area contributed by atoms with Crippen LogP contribution in [0.1, 0.15) is 24.3 Å². The minimum atomic E-state index is 0. The van der Waals surface area contributed by atoms with E-state index in [0.717, 1.165) is 25.6 Å². The molecule has 3 N–H and O–H groups in total. The molecule has 16 heavy (non-hydrogen) atoms. The van der Waals surface area contributed by atoms with Crippen molar-refractivity contribution in [1.82, 2.24) is 5.32 Å². The molecule has 2 nitrogen and oxygen atoms in total. The summed E-state index contributed by atoms with van der Waals surface area (Å²) in [5, 5.41) is 3.40. The van der Waals surface area contributed by atoms with Crippen LogP contribution in [-0.4, -0.2) is 19.6 Å². The number of piperidine rings is 1. The summed E-state index contributed by atoms with van der Waals surface area (Å²) in [6, 6.07) is 10.7. The summed E-state index contributed by atoms with van der Waals surface area (Å²) in [6.45, 7) is 3.07. The molecule has 1 aromatic carbocycles. The van der Waals surface area contributed by atoms with E-state index in [1.165, 1.54) is 18.4 Å². The van der Waals surface area contributed by atoms with Crippen LogP contribution in [0.15, 0.2) is 30.3 Å². The molecule has 0 aliphatic carbocycles. The Bertz CT molecular complexity index is 283. The minimum absolute atomic E-state index is 0. The van der Waals surface area contributed by atoms with Crippen molar-refractivity contribution in [3.63, 3.8) is 0 Å². The summed E-state index contributed by atoms with van der Waals surface area (Å²) in [4.78, 5) is 0. The molecule has 0 amide bonds. The van der Waals surface area contributed by atoms with E-state index in [2.05, 4.69) is 35.6 Å². The SMILES string of the molecule is Cl.NCC(c1ccccc1)C1CCNCC1. The van der Waals surface area contributed by atoms with Gasteiger partial charge in [-0.05, 0) is 49.9 Å². The Kier molecular flexibility index (Phi) is 5.81. The van der Waals surface area contributed by atoms with Gasteiger partial charge in [-0.3, -0.25) is 0 Å². The Morgan fingerprint density at radius 3 is 2.38 bits per heavy atom. The molecule has 3 heteroatoms. The van der Waals surface area contributed by atoms with Crippen molar-refractivity contribution in [2.24, 2.45) is 11.7 Å². The smallest absolute Gasteiger partial charge is 0.000555 e. The Hall–Kier alpha value is -0.570. The van der Waals surface area contributed by atoms with Crippen LogP contribution in [0.25, 0.3) is 0 Å². The quantitative estimate of drug-likeness (QED) is 0.850. The molecule has 1 atom stereocenters. The summed E-state index contributed by atoms with van der Waals surface area (Å²) in [6.07, 6.45) is 2.52. The number of hydrogen-bond donors (Lipinski definition) is 2. The summed E-state index contributed by atoms with van der Waals surface area (Å²) in [7, 11) is 0. The molecule has 2 rings (SSSR count). The normalized spacial score (nSPS) is 18.8. The highest BCUT2D eigenvalue weighted by Crippen LogP contribution is 2.29. The fraction of sp³-hybridized carbons (Fsp3) is 0.538. The fourth-order valence-corrected chi connectivity index (χ4v) is 2.55. The highest BCUT2D eigenvalue weighted by Gasteiger charge is 2.23. The van der Waals surface area contributed by atoms with E-state index in [1.54, 1.807) is 0 Å². The molecule has 1 saturated heterocycles. The van der Waals surface area contributed by atoms with Gasteiger partial charge < -0.3 is 11.1 Å². The lowest BCUT2D eigenvalue weighted by molar-refractivity contribution is 0.321. The van der Waals surface area contributed by atoms with E-state index in [9.17, 15) is 0 Å². The molecule has 0 spiro atoms. The third-order valence-electron chi connectivity index (χ3n) is 3.43. The Morgan fingerprint density at radius 2 is 1.81 bits per heavy atom. The maximum atomic E-state index is 5.92. The maximum absolute atomic E-state index is 5.92. The predicted octanol–water partition coefficient (Wildman–Crippen LogP) is 2.15. The summed E-state index contributed by atoms with van der Waals surface area (Å²) in [5.41, 5.74) is 7.32. The predicted molar refractivity (Wildman–Crippen MR) is 71.1 cm³/mol. The van der Waals surface area contributed by atoms with Crippen LogP contribution in [0.2, 0.25) is 0 Å². The zero-order chi connectivity index (χ0) is 10.5. The molecule has 1 unspecified atom stereocenters. The first-order chi connectivity index (χ1) is 7.42. The minimum Gasteiger partial charge on any atom is -0.330 e. The topological polar surface area (TPSA) is 38.0 Å². The van der Waals surface area contributed by atoms with Gasteiger partial charge in [-0.15, -0.1) is 12.4 Å². The van der Waals surface area contributed by atoms with E-state index in [4.69, 9.17) is 5.73 Å². The third kappa shape index (κ3) is 3.21. The van der Waals surface area contributed by atoms with Crippen molar-refractivity contribution >= 4 is 12.4 Å². The number of nitrogens with two attached hydrogens (primary N) is 1. The molecule has 1 fully saturated rings. The number of nitrogens with one attached hydrogen (secondary N) is 1. The van der Waals surface area contributed by atoms with Gasteiger partial charge in [0.1, 0.15) is 0 Å². The fourth-order valence-electron chi connectivity index (χ4n) is 2.55. The van der Waals surface area contributed by atoms with Crippen LogP contribution in [0.3, 0.4) is 0 Å².